The van der Waals surface area contributed by atoms with Crippen LogP contribution in [-0.4, -0.2) is 16.0 Å². The normalized spacial score (nSPS) is 16.1. The molecule has 1 heterocycles. The molecule has 0 radical (unpaired) electrons. The van der Waals surface area contributed by atoms with Crippen molar-refractivity contribution < 1.29 is 9.59 Å². The van der Waals surface area contributed by atoms with Gasteiger partial charge in [-0.05, 0) is 55.0 Å². The summed E-state index contributed by atoms with van der Waals surface area (Å²) in [5.41, 5.74) is 2.09. The molecule has 1 saturated heterocycles. The Morgan fingerprint density at radius 2 is 1.92 bits per heavy atom. The molecule has 0 unspecified atom stereocenters. The number of carbonyl (C=O) groups is 2. The van der Waals surface area contributed by atoms with E-state index in [2.05, 4.69) is 0 Å². The Morgan fingerprint density at radius 1 is 1.21 bits per heavy atom. The molecule has 2 aromatic rings. The SMILES string of the molecule is CC(=O)c1ccc(N2C(=O)/C(=C/c3cccc(Cl)c3)SC2=S)cc1. The Morgan fingerprint density at radius 3 is 2.54 bits per heavy atom. The van der Waals surface area contributed by atoms with Crippen molar-refractivity contribution >= 4 is 63.4 Å². The second kappa shape index (κ2) is 6.89. The van der Waals surface area contributed by atoms with Crippen molar-refractivity contribution in [3.05, 3.63) is 69.6 Å². The smallest absolute Gasteiger partial charge is 0.270 e. The minimum absolute atomic E-state index is 0.0206. The van der Waals surface area contributed by atoms with Gasteiger partial charge in [0, 0.05) is 10.6 Å². The van der Waals surface area contributed by atoms with Crippen LogP contribution >= 0.6 is 35.6 Å². The van der Waals surface area contributed by atoms with Gasteiger partial charge < -0.3 is 0 Å². The number of anilines is 1. The second-order valence-electron chi connectivity index (χ2n) is 5.18. The van der Waals surface area contributed by atoms with Gasteiger partial charge in [-0.2, -0.15) is 0 Å². The molecule has 0 N–H and O–H groups in total. The van der Waals surface area contributed by atoms with Crippen molar-refractivity contribution in [2.75, 3.05) is 4.90 Å². The van der Waals surface area contributed by atoms with Crippen molar-refractivity contribution in [2.24, 2.45) is 0 Å². The molecule has 0 spiro atoms. The summed E-state index contributed by atoms with van der Waals surface area (Å²) in [4.78, 5) is 26.0. The summed E-state index contributed by atoms with van der Waals surface area (Å²) in [7, 11) is 0. The number of ketones is 1. The number of Topliss-reactive ketones (excluding diaryl/α,β-unsaturated/α-hetero) is 1. The molecular formula is C18H12ClNO2S2. The Kier molecular flexibility index (Phi) is 4.85. The molecule has 0 aromatic heterocycles. The molecule has 1 aliphatic rings. The molecular weight excluding hydrogens is 362 g/mol. The van der Waals surface area contributed by atoms with Crippen LogP contribution in [0.5, 0.6) is 0 Å². The van der Waals surface area contributed by atoms with Crippen LogP contribution in [0.4, 0.5) is 5.69 Å². The lowest BCUT2D eigenvalue weighted by Crippen LogP contribution is -2.27. The first-order valence-electron chi connectivity index (χ1n) is 7.10. The van der Waals surface area contributed by atoms with Gasteiger partial charge in [0.25, 0.3) is 5.91 Å². The minimum atomic E-state index is -0.180. The third-order valence-electron chi connectivity index (χ3n) is 3.47. The predicted octanol–water partition coefficient (Wildman–Crippen LogP) is 4.95. The lowest BCUT2D eigenvalue weighted by molar-refractivity contribution is -0.113. The van der Waals surface area contributed by atoms with Crippen LogP contribution in [0.3, 0.4) is 0 Å². The van der Waals surface area contributed by atoms with Gasteiger partial charge in [0.1, 0.15) is 0 Å². The number of rotatable bonds is 3. The van der Waals surface area contributed by atoms with Crippen molar-refractivity contribution in [3.8, 4) is 0 Å². The van der Waals surface area contributed by atoms with Crippen molar-refractivity contribution in [2.45, 2.75) is 6.92 Å². The van der Waals surface area contributed by atoms with Crippen LogP contribution in [0.15, 0.2) is 53.4 Å². The Labute approximate surface area is 154 Å². The molecule has 0 saturated carbocycles. The zero-order valence-electron chi connectivity index (χ0n) is 12.7. The molecule has 24 heavy (non-hydrogen) atoms. The highest BCUT2D eigenvalue weighted by atomic mass is 35.5. The molecule has 0 aliphatic carbocycles. The van der Waals surface area contributed by atoms with E-state index >= 15 is 0 Å². The van der Waals surface area contributed by atoms with E-state index < -0.39 is 0 Å². The first-order chi connectivity index (χ1) is 11.5. The van der Waals surface area contributed by atoms with Gasteiger partial charge in [-0.25, -0.2) is 0 Å². The molecule has 1 fully saturated rings. The average molecular weight is 374 g/mol. The number of amides is 1. The fourth-order valence-electron chi connectivity index (χ4n) is 2.28. The first kappa shape index (κ1) is 16.9. The number of benzene rings is 2. The molecule has 3 nitrogen and oxygen atoms in total. The molecule has 120 valence electrons. The van der Waals surface area contributed by atoms with E-state index in [4.69, 9.17) is 23.8 Å². The third kappa shape index (κ3) is 3.43. The maximum absolute atomic E-state index is 12.7. The summed E-state index contributed by atoms with van der Waals surface area (Å²) in [6.07, 6.45) is 1.77. The monoisotopic (exact) mass is 373 g/mol. The maximum Gasteiger partial charge on any atom is 0.270 e. The fraction of sp³-hybridized carbons (Fsp3) is 0.0556. The molecule has 2 aromatic carbocycles. The van der Waals surface area contributed by atoms with Crippen LogP contribution in [0.2, 0.25) is 5.02 Å². The van der Waals surface area contributed by atoms with Gasteiger partial charge in [-0.1, -0.05) is 47.7 Å². The van der Waals surface area contributed by atoms with Gasteiger partial charge >= 0.3 is 0 Å². The lowest BCUT2D eigenvalue weighted by atomic mass is 10.1. The number of carbonyl (C=O) groups excluding carboxylic acids is 2. The second-order valence-corrected chi connectivity index (χ2v) is 7.29. The lowest BCUT2D eigenvalue weighted by Gasteiger charge is -2.14. The van der Waals surface area contributed by atoms with E-state index in [9.17, 15) is 9.59 Å². The van der Waals surface area contributed by atoms with Gasteiger partial charge in [0.05, 0.1) is 10.6 Å². The molecule has 1 aliphatic heterocycles. The summed E-state index contributed by atoms with van der Waals surface area (Å²) in [5.74, 6) is -0.201. The minimum Gasteiger partial charge on any atom is -0.295 e. The maximum atomic E-state index is 12.7. The number of thiocarbonyl (C=S) groups is 1. The van der Waals surface area contributed by atoms with E-state index in [1.54, 1.807) is 42.5 Å². The predicted molar refractivity (Wildman–Crippen MR) is 104 cm³/mol. The van der Waals surface area contributed by atoms with Gasteiger partial charge in [-0.15, -0.1) is 0 Å². The quantitative estimate of drug-likeness (QED) is 0.433. The summed E-state index contributed by atoms with van der Waals surface area (Å²) in [6.45, 7) is 1.50. The first-order valence-corrected chi connectivity index (χ1v) is 8.70. The van der Waals surface area contributed by atoms with Crippen molar-refractivity contribution in [1.82, 2.24) is 0 Å². The highest BCUT2D eigenvalue weighted by Gasteiger charge is 2.33. The van der Waals surface area contributed by atoms with E-state index in [-0.39, 0.29) is 11.7 Å². The van der Waals surface area contributed by atoms with Crippen LogP contribution in [0.1, 0.15) is 22.8 Å². The Bertz CT molecular complexity index is 875. The molecule has 0 bridgehead atoms. The fourth-order valence-corrected chi connectivity index (χ4v) is 3.78. The zero-order valence-corrected chi connectivity index (χ0v) is 15.0. The Balaban J connectivity index is 1.90. The van der Waals surface area contributed by atoms with Crippen molar-refractivity contribution in [3.63, 3.8) is 0 Å². The summed E-state index contributed by atoms with van der Waals surface area (Å²) in [6, 6.07) is 14.1. The highest BCUT2D eigenvalue weighted by molar-refractivity contribution is 8.27. The van der Waals surface area contributed by atoms with Gasteiger partial charge in [-0.3, -0.25) is 14.5 Å². The number of hydrogen-bond acceptors (Lipinski definition) is 4. The average Bonchev–Trinajstić information content (AvgIpc) is 2.81. The Hall–Kier alpha value is -1.95. The number of nitrogens with zero attached hydrogens (tertiary/aromatic N) is 1. The zero-order chi connectivity index (χ0) is 17.3. The topological polar surface area (TPSA) is 37.4 Å². The largest absolute Gasteiger partial charge is 0.295 e. The summed E-state index contributed by atoms with van der Waals surface area (Å²) >= 11 is 12.6. The summed E-state index contributed by atoms with van der Waals surface area (Å²) in [5, 5.41) is 0.610. The van der Waals surface area contributed by atoms with Crippen LogP contribution < -0.4 is 4.90 Å². The standard InChI is InChI=1S/C18H12ClNO2S2/c1-11(21)13-5-7-15(8-6-13)20-17(22)16(24-18(20)23)10-12-3-2-4-14(19)9-12/h2-10H,1H3/b16-10-. The molecule has 0 atom stereocenters. The van der Waals surface area contributed by atoms with Gasteiger partial charge in [0.2, 0.25) is 0 Å². The highest BCUT2D eigenvalue weighted by Crippen LogP contribution is 2.36. The van der Waals surface area contributed by atoms with Crippen LogP contribution in [0, 0.1) is 0 Å². The van der Waals surface area contributed by atoms with Crippen molar-refractivity contribution in [1.29, 1.82) is 0 Å². The van der Waals surface area contributed by atoms with E-state index in [1.807, 2.05) is 12.1 Å². The third-order valence-corrected chi connectivity index (χ3v) is 5.01. The number of hydrogen-bond donors (Lipinski definition) is 0. The van der Waals surface area contributed by atoms with E-state index in [0.29, 0.717) is 25.5 Å². The summed E-state index contributed by atoms with van der Waals surface area (Å²) < 4.78 is 0.462. The van der Waals surface area contributed by atoms with Crippen LogP contribution in [-0.2, 0) is 4.79 Å². The number of thioether (sulfide) groups is 1. The molecule has 3 rings (SSSR count). The van der Waals surface area contributed by atoms with Crippen LogP contribution in [0.25, 0.3) is 6.08 Å². The van der Waals surface area contributed by atoms with E-state index in [0.717, 1.165) is 5.56 Å². The number of halogens is 1. The van der Waals surface area contributed by atoms with E-state index in [1.165, 1.54) is 23.6 Å². The molecule has 6 heteroatoms. The molecule has 1 amide bonds. The van der Waals surface area contributed by atoms with Gasteiger partial charge in [0.15, 0.2) is 10.1 Å².